The zero-order valence-corrected chi connectivity index (χ0v) is 12.6. The van der Waals surface area contributed by atoms with Crippen molar-refractivity contribution in [3.8, 4) is 0 Å². The maximum Gasteiger partial charge on any atom is 0.338 e. The molecule has 1 fully saturated rings. The molecule has 0 radical (unpaired) electrons. The van der Waals surface area contributed by atoms with E-state index in [0.29, 0.717) is 0 Å². The van der Waals surface area contributed by atoms with Crippen molar-refractivity contribution in [2.45, 2.75) is 24.8 Å². The zero-order chi connectivity index (χ0) is 16.5. The van der Waals surface area contributed by atoms with Crippen LogP contribution in [0.3, 0.4) is 0 Å². The van der Waals surface area contributed by atoms with Crippen molar-refractivity contribution in [2.24, 2.45) is 0 Å². The van der Waals surface area contributed by atoms with Gasteiger partial charge >= 0.3 is 11.9 Å². The molecule has 0 bridgehead atoms. The lowest BCUT2D eigenvalue weighted by atomic mass is 10.2. The summed E-state index contributed by atoms with van der Waals surface area (Å²) in [6, 6.07) is 0. The second kappa shape index (κ2) is 9.31. The van der Waals surface area contributed by atoms with Gasteiger partial charge in [-0.1, -0.05) is 12.2 Å². The molecule has 0 aromatic carbocycles. The fraction of sp³-hybridized carbons (Fsp3) is 0.571. The van der Waals surface area contributed by atoms with Crippen LogP contribution >= 0.6 is 0 Å². The van der Waals surface area contributed by atoms with Gasteiger partial charge in [0.25, 0.3) is 0 Å². The summed E-state index contributed by atoms with van der Waals surface area (Å²) in [5.74, 6) is -1.57. The van der Waals surface area contributed by atoms with Crippen molar-refractivity contribution in [1.29, 1.82) is 0 Å². The molecule has 1 rings (SSSR count). The van der Waals surface area contributed by atoms with Crippen molar-refractivity contribution >= 4 is 11.9 Å². The Hall–Kier alpha value is -1.74. The molecule has 22 heavy (non-hydrogen) atoms. The average molecular weight is 316 g/mol. The first-order valence-corrected chi connectivity index (χ1v) is 6.50. The maximum absolute atomic E-state index is 11.8. The van der Waals surface area contributed by atoms with Gasteiger partial charge in [0.2, 0.25) is 12.6 Å². The van der Waals surface area contributed by atoms with Gasteiger partial charge in [-0.15, -0.1) is 13.2 Å². The molecule has 0 spiro atoms. The van der Waals surface area contributed by atoms with Gasteiger partial charge in [0.05, 0.1) is 27.4 Å². The lowest BCUT2D eigenvalue weighted by molar-refractivity contribution is -0.349. The number of hydrogen-bond acceptors (Lipinski definition) is 8. The van der Waals surface area contributed by atoms with Gasteiger partial charge in [-0.25, -0.2) is 9.59 Å². The number of carbonyl (C=O) groups excluding carboxylic acids is 2. The minimum Gasteiger partial charge on any atom is -0.467 e. The van der Waals surface area contributed by atoms with E-state index in [-0.39, 0.29) is 13.2 Å². The highest BCUT2D eigenvalue weighted by atomic mass is 16.8. The molecule has 1 saturated heterocycles. The molecule has 4 atom stereocenters. The van der Waals surface area contributed by atoms with Gasteiger partial charge in [-0.05, 0) is 0 Å². The van der Waals surface area contributed by atoms with Crippen LogP contribution in [0.5, 0.6) is 0 Å². The Morgan fingerprint density at radius 3 is 1.55 bits per heavy atom. The van der Waals surface area contributed by atoms with Crippen molar-refractivity contribution in [3.05, 3.63) is 25.3 Å². The van der Waals surface area contributed by atoms with Crippen LogP contribution in [0.4, 0.5) is 0 Å². The fourth-order valence-corrected chi connectivity index (χ4v) is 1.71. The number of esters is 2. The third-order valence-electron chi connectivity index (χ3n) is 2.68. The second-order valence-corrected chi connectivity index (χ2v) is 4.14. The number of carbonyl (C=O) groups is 2. The molecule has 0 saturated carbocycles. The van der Waals surface area contributed by atoms with Gasteiger partial charge in [-0.3, -0.25) is 0 Å². The van der Waals surface area contributed by atoms with E-state index in [2.05, 4.69) is 22.6 Å². The van der Waals surface area contributed by atoms with Crippen LogP contribution in [-0.2, 0) is 38.0 Å². The van der Waals surface area contributed by atoms with Gasteiger partial charge < -0.3 is 28.4 Å². The summed E-state index contributed by atoms with van der Waals surface area (Å²) in [5, 5.41) is 0. The predicted molar refractivity (Wildman–Crippen MR) is 73.7 cm³/mol. The molecule has 124 valence electrons. The highest BCUT2D eigenvalue weighted by Crippen LogP contribution is 2.24. The highest BCUT2D eigenvalue weighted by molar-refractivity contribution is 5.85. The summed E-state index contributed by atoms with van der Waals surface area (Å²) < 4.78 is 30.8. The van der Waals surface area contributed by atoms with E-state index in [4.69, 9.17) is 18.9 Å². The quantitative estimate of drug-likeness (QED) is 0.462. The van der Waals surface area contributed by atoms with Crippen LogP contribution in [-0.4, -0.2) is 64.2 Å². The topological polar surface area (TPSA) is 89.5 Å². The Labute approximate surface area is 128 Å². The Bertz CT molecular complexity index is 370. The van der Waals surface area contributed by atoms with Crippen LogP contribution in [0.25, 0.3) is 0 Å². The van der Waals surface area contributed by atoms with E-state index >= 15 is 0 Å². The Morgan fingerprint density at radius 2 is 1.27 bits per heavy atom. The molecule has 8 heteroatoms. The SMILES string of the molecule is C=CCO[C@@H]1O[C@@H](C(=O)OC)[C@H](C(=O)OC)O[C@H]1OCC=C. The summed E-state index contributed by atoms with van der Waals surface area (Å²) >= 11 is 0. The first-order valence-electron chi connectivity index (χ1n) is 6.50. The van der Waals surface area contributed by atoms with Gasteiger partial charge in [0.15, 0.2) is 12.2 Å². The standard InChI is InChI=1S/C14H20O8/c1-5-7-19-13-14(20-8-6-2)22-10(12(16)18-4)9(21-13)11(15)17-3/h5-6,9-10,13-14H,1-2,7-8H2,3-4H3/t9-,10-,13-,14-/m1/s1. The van der Waals surface area contributed by atoms with Crippen LogP contribution in [0.2, 0.25) is 0 Å². The summed E-state index contributed by atoms with van der Waals surface area (Å²) in [6.07, 6.45) is -1.74. The van der Waals surface area contributed by atoms with Crippen molar-refractivity contribution in [1.82, 2.24) is 0 Å². The van der Waals surface area contributed by atoms with Crippen molar-refractivity contribution < 1.29 is 38.0 Å². The van der Waals surface area contributed by atoms with E-state index in [1.54, 1.807) is 0 Å². The van der Waals surface area contributed by atoms with Crippen LogP contribution < -0.4 is 0 Å². The van der Waals surface area contributed by atoms with E-state index < -0.39 is 36.7 Å². The molecular weight excluding hydrogens is 296 g/mol. The van der Waals surface area contributed by atoms with E-state index in [9.17, 15) is 9.59 Å². The second-order valence-electron chi connectivity index (χ2n) is 4.14. The Balaban J connectivity index is 2.93. The minimum atomic E-state index is -1.32. The van der Waals surface area contributed by atoms with Crippen LogP contribution in [0.1, 0.15) is 0 Å². The fourth-order valence-electron chi connectivity index (χ4n) is 1.71. The average Bonchev–Trinajstić information content (AvgIpc) is 2.56. The summed E-state index contributed by atoms with van der Waals surface area (Å²) in [4.78, 5) is 23.5. The van der Waals surface area contributed by atoms with Crippen LogP contribution in [0, 0.1) is 0 Å². The van der Waals surface area contributed by atoms with E-state index in [1.807, 2.05) is 0 Å². The Kier molecular flexibility index (Phi) is 7.75. The monoisotopic (exact) mass is 316 g/mol. The molecule has 0 aromatic rings. The predicted octanol–water partition coefficient (Wildman–Crippen LogP) is 0.174. The minimum absolute atomic E-state index is 0.138. The lowest BCUT2D eigenvalue weighted by Gasteiger charge is -2.38. The van der Waals surface area contributed by atoms with Gasteiger partial charge in [0, 0.05) is 0 Å². The first kappa shape index (κ1) is 18.3. The first-order chi connectivity index (χ1) is 10.6. The van der Waals surface area contributed by atoms with E-state index in [0.717, 1.165) is 0 Å². The molecule has 0 unspecified atom stereocenters. The molecule has 0 N–H and O–H groups in total. The third kappa shape index (κ3) is 4.63. The molecule has 8 nitrogen and oxygen atoms in total. The summed E-state index contributed by atoms with van der Waals surface area (Å²) in [6.45, 7) is 7.31. The van der Waals surface area contributed by atoms with Crippen molar-refractivity contribution in [2.75, 3.05) is 27.4 Å². The molecule has 1 heterocycles. The van der Waals surface area contributed by atoms with Gasteiger partial charge in [0.1, 0.15) is 0 Å². The molecular formula is C14H20O8. The molecule has 0 aromatic heterocycles. The number of ether oxygens (including phenoxy) is 6. The van der Waals surface area contributed by atoms with E-state index in [1.165, 1.54) is 26.4 Å². The zero-order valence-electron chi connectivity index (χ0n) is 12.6. The van der Waals surface area contributed by atoms with Gasteiger partial charge in [-0.2, -0.15) is 0 Å². The molecule has 0 aliphatic carbocycles. The number of rotatable bonds is 8. The Morgan fingerprint density at radius 1 is 0.909 bits per heavy atom. The largest absolute Gasteiger partial charge is 0.467 e. The number of hydrogen-bond donors (Lipinski definition) is 0. The highest BCUT2D eigenvalue weighted by Gasteiger charge is 2.48. The number of methoxy groups -OCH3 is 2. The lowest BCUT2D eigenvalue weighted by Crippen LogP contribution is -2.57. The molecule has 0 amide bonds. The third-order valence-corrected chi connectivity index (χ3v) is 2.68. The maximum atomic E-state index is 11.8. The van der Waals surface area contributed by atoms with Crippen LogP contribution in [0.15, 0.2) is 25.3 Å². The summed E-state index contributed by atoms with van der Waals surface area (Å²) in [5.41, 5.74) is 0. The molecule has 1 aliphatic rings. The smallest absolute Gasteiger partial charge is 0.338 e. The normalized spacial score (nSPS) is 27.7. The molecule has 1 aliphatic heterocycles. The van der Waals surface area contributed by atoms with Crippen molar-refractivity contribution in [3.63, 3.8) is 0 Å². The summed E-state index contributed by atoms with van der Waals surface area (Å²) in [7, 11) is 2.33.